The summed E-state index contributed by atoms with van der Waals surface area (Å²) in [5.41, 5.74) is 6.15. The maximum atomic E-state index is 6.85. The predicted molar refractivity (Wildman–Crippen MR) is 202 cm³/mol. The maximum Gasteiger partial charge on any atom is 0.491 e. The van der Waals surface area contributed by atoms with E-state index in [1.165, 1.54) is 5.56 Å². The third kappa shape index (κ3) is 7.73. The minimum atomic E-state index is -0.519. The standard InChI is InChI=1S/C36H42B2O4.C5H5.CH3.Co/c1-33(2)34(3,4)40-37(39-33)29-24-28(25-18-12-9-13-19-25)32(38-41-35(5,6)36(7,8)42-38)31(27-22-16-11-17-23-27)30(29)26-20-14-10-15-21-26;1-2-4-5-3-1;;/h9-23,28H,24H2,1-8H3;1-5H;1H3;/q;;-1;/t28-;;;/m1.../s1. The molecule has 4 nitrogen and oxygen atoms in total. The molecule has 1 atom stereocenters. The van der Waals surface area contributed by atoms with E-state index in [4.69, 9.17) is 18.6 Å². The van der Waals surface area contributed by atoms with Crippen molar-refractivity contribution in [2.24, 2.45) is 0 Å². The van der Waals surface area contributed by atoms with Gasteiger partial charge in [-0.3, -0.25) is 0 Å². The van der Waals surface area contributed by atoms with Crippen LogP contribution in [0.1, 0.15) is 84.4 Å². The van der Waals surface area contributed by atoms with Crippen LogP contribution in [0.2, 0.25) is 0 Å². The Morgan fingerprint density at radius 2 is 0.898 bits per heavy atom. The molecule has 0 saturated carbocycles. The quantitative estimate of drug-likeness (QED) is 0.196. The van der Waals surface area contributed by atoms with Crippen LogP contribution in [0.15, 0.2) is 126 Å². The van der Waals surface area contributed by atoms with E-state index in [9.17, 15) is 0 Å². The van der Waals surface area contributed by atoms with Gasteiger partial charge in [0.15, 0.2) is 0 Å². The summed E-state index contributed by atoms with van der Waals surface area (Å²) < 4.78 is 27.3. The van der Waals surface area contributed by atoms with E-state index < -0.39 is 36.6 Å². The van der Waals surface area contributed by atoms with E-state index in [0.29, 0.717) is 0 Å². The summed E-state index contributed by atoms with van der Waals surface area (Å²) in [7, 11) is -1.01. The molecule has 4 aliphatic rings. The fourth-order valence-corrected chi connectivity index (χ4v) is 6.52. The first-order valence-corrected chi connectivity index (χ1v) is 16.8. The molecule has 258 valence electrons. The van der Waals surface area contributed by atoms with Gasteiger partial charge in [0.1, 0.15) is 0 Å². The summed E-state index contributed by atoms with van der Waals surface area (Å²) in [5, 5.41) is 0. The molecule has 0 unspecified atom stereocenters. The predicted octanol–water partition coefficient (Wildman–Crippen LogP) is 10.1. The molecule has 2 heterocycles. The molecule has 2 aliphatic heterocycles. The molecule has 0 amide bonds. The third-order valence-electron chi connectivity index (χ3n) is 10.6. The molecule has 2 aliphatic carbocycles. The average molecular weight is 699 g/mol. The second kappa shape index (κ2) is 15.1. The molecule has 2 radical (unpaired) electrons. The van der Waals surface area contributed by atoms with Crippen LogP contribution in [0.4, 0.5) is 0 Å². The van der Waals surface area contributed by atoms with Gasteiger partial charge in [-0.1, -0.05) is 115 Å². The van der Waals surface area contributed by atoms with Crippen molar-refractivity contribution in [1.29, 1.82) is 0 Å². The Morgan fingerprint density at radius 3 is 1.31 bits per heavy atom. The van der Waals surface area contributed by atoms with E-state index >= 15 is 0 Å². The first-order valence-electron chi connectivity index (χ1n) is 16.8. The van der Waals surface area contributed by atoms with Gasteiger partial charge in [-0.25, -0.2) is 0 Å². The molecule has 49 heavy (non-hydrogen) atoms. The van der Waals surface area contributed by atoms with Crippen LogP contribution in [0, 0.1) is 13.8 Å². The Balaban J connectivity index is 0.000000710. The van der Waals surface area contributed by atoms with Gasteiger partial charge in [0.2, 0.25) is 0 Å². The van der Waals surface area contributed by atoms with Gasteiger partial charge in [0.05, 0.1) is 22.4 Å². The molecule has 2 fully saturated rings. The van der Waals surface area contributed by atoms with Crippen molar-refractivity contribution in [3.63, 3.8) is 0 Å². The summed E-state index contributed by atoms with van der Waals surface area (Å²) in [6, 6.07) is 32.0. The number of benzene rings is 3. The monoisotopic (exact) mass is 699 g/mol. The van der Waals surface area contributed by atoms with E-state index in [1.807, 2.05) is 30.7 Å². The van der Waals surface area contributed by atoms with Gasteiger partial charge in [0, 0.05) is 29.1 Å². The number of rotatable bonds is 5. The van der Waals surface area contributed by atoms with Crippen molar-refractivity contribution in [3.05, 3.63) is 157 Å². The van der Waals surface area contributed by atoms with E-state index in [-0.39, 0.29) is 30.1 Å². The zero-order valence-electron chi connectivity index (χ0n) is 30.5. The van der Waals surface area contributed by atoms with Gasteiger partial charge in [-0.2, -0.15) is 0 Å². The molecular formula is C42H50B2CoO4-. The number of allylic oxidation sites excluding steroid dienone is 8. The molecular weight excluding hydrogens is 649 g/mol. The Morgan fingerprint density at radius 1 is 0.510 bits per heavy atom. The van der Waals surface area contributed by atoms with Crippen LogP contribution < -0.4 is 0 Å². The van der Waals surface area contributed by atoms with Crippen LogP contribution in [-0.2, 0) is 35.4 Å². The van der Waals surface area contributed by atoms with Gasteiger partial charge in [-0.15, -0.1) is 0 Å². The molecule has 3 aromatic carbocycles. The van der Waals surface area contributed by atoms with Gasteiger partial charge in [-0.05, 0) is 101 Å². The first-order chi connectivity index (χ1) is 22.3. The number of hydrogen-bond acceptors (Lipinski definition) is 4. The molecule has 0 aromatic heterocycles. The van der Waals surface area contributed by atoms with Gasteiger partial charge < -0.3 is 26.0 Å². The fourth-order valence-electron chi connectivity index (χ4n) is 6.52. The normalized spacial score (nSPS) is 22.7. The van der Waals surface area contributed by atoms with Crippen LogP contribution >= 0.6 is 0 Å². The smallest absolute Gasteiger partial charge is 0.400 e. The zero-order chi connectivity index (χ0) is 33.5. The molecule has 3 aromatic rings. The molecule has 0 spiro atoms. The second-order valence-electron chi connectivity index (χ2n) is 14.8. The topological polar surface area (TPSA) is 36.9 Å². The van der Waals surface area contributed by atoms with Crippen molar-refractivity contribution in [2.75, 3.05) is 0 Å². The molecule has 0 N–H and O–H groups in total. The molecule has 2 saturated heterocycles. The molecule has 0 bridgehead atoms. The minimum Gasteiger partial charge on any atom is -0.400 e. The summed E-state index contributed by atoms with van der Waals surface area (Å²) in [6.45, 7) is 17.0. The zero-order valence-corrected chi connectivity index (χ0v) is 31.5. The van der Waals surface area contributed by atoms with E-state index in [1.54, 1.807) is 0 Å². The molecule has 7 rings (SSSR count). The van der Waals surface area contributed by atoms with Crippen molar-refractivity contribution >= 4 is 25.4 Å². The second-order valence-corrected chi connectivity index (χ2v) is 14.8. The Labute approximate surface area is 306 Å². The summed E-state index contributed by atoms with van der Waals surface area (Å²) >= 11 is 0. The van der Waals surface area contributed by atoms with Crippen LogP contribution in [0.25, 0.3) is 11.1 Å². The van der Waals surface area contributed by atoms with Crippen LogP contribution in [0.3, 0.4) is 0 Å². The Hall–Kier alpha value is -2.90. The molecule has 7 heteroatoms. The van der Waals surface area contributed by atoms with Crippen LogP contribution in [0.5, 0.6) is 0 Å². The SMILES string of the molecule is CC1(C)OB(C2=C(c3ccccc3)C(c3ccccc3)=C(B3OC(C)(C)C(C)(C)O3)[C@@H](c3ccccc3)C2)OC1(C)C.[CH3-].[CH]1C=CC=C1.[Co]. The van der Waals surface area contributed by atoms with Gasteiger partial charge >= 0.3 is 14.2 Å². The number of hydrogen-bond donors (Lipinski definition) is 0. The largest absolute Gasteiger partial charge is 0.491 e. The third-order valence-corrected chi connectivity index (χ3v) is 10.6. The summed E-state index contributed by atoms with van der Waals surface area (Å²) in [5.74, 6) is -0.00223. The van der Waals surface area contributed by atoms with E-state index in [2.05, 4.69) is 146 Å². The Bertz CT molecular complexity index is 1650. The Kier molecular flexibility index (Phi) is 12.0. The van der Waals surface area contributed by atoms with Crippen molar-refractivity contribution in [3.8, 4) is 0 Å². The fraction of sp³-hybridized carbons (Fsp3) is 0.333. The van der Waals surface area contributed by atoms with Crippen molar-refractivity contribution < 1.29 is 35.4 Å². The minimum absolute atomic E-state index is 0. The van der Waals surface area contributed by atoms with Gasteiger partial charge in [0.25, 0.3) is 0 Å². The van der Waals surface area contributed by atoms with Crippen LogP contribution in [-0.4, -0.2) is 36.6 Å². The first kappa shape index (κ1) is 38.9. The maximum absolute atomic E-state index is 6.85. The van der Waals surface area contributed by atoms with E-state index in [0.717, 1.165) is 39.6 Å². The van der Waals surface area contributed by atoms with Crippen molar-refractivity contribution in [2.45, 2.75) is 90.1 Å². The average Bonchev–Trinajstić information content (AvgIpc) is 3.75. The van der Waals surface area contributed by atoms with Crippen molar-refractivity contribution in [1.82, 2.24) is 0 Å². The summed E-state index contributed by atoms with van der Waals surface area (Å²) in [4.78, 5) is 0. The summed E-state index contributed by atoms with van der Waals surface area (Å²) in [6.07, 6.45) is 10.7.